The van der Waals surface area contributed by atoms with Gasteiger partial charge in [-0.3, -0.25) is 9.59 Å². The topological polar surface area (TPSA) is 87.5 Å². The van der Waals surface area contributed by atoms with Gasteiger partial charge < -0.3 is 20.1 Å². The molecule has 0 aliphatic carbocycles. The van der Waals surface area contributed by atoms with Gasteiger partial charge >= 0.3 is 0 Å². The van der Waals surface area contributed by atoms with E-state index < -0.39 is 5.54 Å². The van der Waals surface area contributed by atoms with Gasteiger partial charge in [-0.25, -0.2) is 0 Å². The van der Waals surface area contributed by atoms with E-state index in [0.717, 1.165) is 25.8 Å². The number of nitrogens with zero attached hydrogens (tertiary/aromatic N) is 2. The summed E-state index contributed by atoms with van der Waals surface area (Å²) in [6.45, 7) is 4.57. The van der Waals surface area contributed by atoms with Crippen LogP contribution in [0.4, 0.5) is 5.82 Å². The van der Waals surface area contributed by atoms with Crippen LogP contribution in [0.1, 0.15) is 31.9 Å². The van der Waals surface area contributed by atoms with Crippen LogP contribution in [-0.2, 0) is 9.59 Å². The van der Waals surface area contributed by atoms with Crippen molar-refractivity contribution in [2.75, 3.05) is 25.5 Å². The summed E-state index contributed by atoms with van der Waals surface area (Å²) in [4.78, 5) is 25.9. The number of carbonyl (C=O) groups excluding carboxylic acids is 2. The fourth-order valence-corrected chi connectivity index (χ4v) is 2.70. The summed E-state index contributed by atoms with van der Waals surface area (Å²) < 4.78 is 4.88. The van der Waals surface area contributed by atoms with E-state index in [1.54, 1.807) is 20.0 Å². The van der Waals surface area contributed by atoms with E-state index in [1.165, 1.54) is 4.90 Å². The Kier molecular flexibility index (Phi) is 6.37. The van der Waals surface area contributed by atoms with E-state index in [9.17, 15) is 9.59 Å². The van der Waals surface area contributed by atoms with E-state index in [2.05, 4.69) is 15.8 Å². The normalized spacial score (nSPS) is 20.3. The highest BCUT2D eigenvalue weighted by Crippen LogP contribution is 2.25. The molecule has 22 heavy (non-hydrogen) atoms. The monoisotopic (exact) mass is 330 g/mol. The fourth-order valence-electron chi connectivity index (χ4n) is 2.70. The first-order valence-electron chi connectivity index (χ1n) is 7.20. The smallest absolute Gasteiger partial charge is 0.245 e. The predicted octanol–water partition coefficient (Wildman–Crippen LogP) is 1.33. The van der Waals surface area contributed by atoms with Crippen molar-refractivity contribution >= 4 is 30.0 Å². The lowest BCUT2D eigenvalue weighted by atomic mass is 9.92. The number of halogens is 1. The number of aromatic nitrogens is 1. The standard InChI is InChI=1S/C14H22N4O3.ClH/c1-4-14(6-5-7-15-14)13(20)18(3)9-12(19)16-11-8-10(2)21-17-11;/h8,15H,4-7,9H2,1-3H3,(H,16,17,19);1H. The van der Waals surface area contributed by atoms with E-state index in [1.807, 2.05) is 6.92 Å². The molecule has 1 aromatic rings. The van der Waals surface area contributed by atoms with Gasteiger partial charge in [0.25, 0.3) is 0 Å². The van der Waals surface area contributed by atoms with Gasteiger partial charge in [0, 0.05) is 13.1 Å². The minimum Gasteiger partial charge on any atom is -0.360 e. The van der Waals surface area contributed by atoms with Crippen LogP contribution in [-0.4, -0.2) is 47.5 Å². The first kappa shape index (κ1) is 18.4. The number of rotatable bonds is 5. The van der Waals surface area contributed by atoms with Gasteiger partial charge in [-0.1, -0.05) is 12.1 Å². The zero-order valence-electron chi connectivity index (χ0n) is 13.1. The summed E-state index contributed by atoms with van der Waals surface area (Å²) in [5.41, 5.74) is -0.514. The van der Waals surface area contributed by atoms with Crippen LogP contribution < -0.4 is 10.6 Å². The molecule has 0 radical (unpaired) electrons. The minimum atomic E-state index is -0.514. The number of likely N-dealkylation sites (N-methyl/N-ethyl adjacent to an activating group) is 1. The predicted molar refractivity (Wildman–Crippen MR) is 85.0 cm³/mol. The number of anilines is 1. The molecular weight excluding hydrogens is 308 g/mol. The molecule has 0 bridgehead atoms. The maximum absolute atomic E-state index is 12.5. The van der Waals surface area contributed by atoms with Crippen molar-refractivity contribution in [3.63, 3.8) is 0 Å². The van der Waals surface area contributed by atoms with E-state index >= 15 is 0 Å². The number of amides is 2. The molecule has 2 rings (SSSR count). The molecule has 1 aliphatic rings. The third kappa shape index (κ3) is 3.98. The Labute approximate surface area is 136 Å². The summed E-state index contributed by atoms with van der Waals surface area (Å²) in [5.74, 6) is 0.662. The summed E-state index contributed by atoms with van der Waals surface area (Å²) in [6.07, 6.45) is 2.52. The minimum absolute atomic E-state index is 0. The van der Waals surface area contributed by atoms with Crippen molar-refractivity contribution in [2.24, 2.45) is 0 Å². The van der Waals surface area contributed by atoms with E-state index in [4.69, 9.17) is 4.52 Å². The molecule has 0 saturated carbocycles. The van der Waals surface area contributed by atoms with Crippen LogP contribution >= 0.6 is 12.4 Å². The highest BCUT2D eigenvalue weighted by atomic mass is 35.5. The quantitative estimate of drug-likeness (QED) is 0.850. The first-order valence-corrected chi connectivity index (χ1v) is 7.20. The molecule has 1 unspecified atom stereocenters. The Balaban J connectivity index is 0.00000242. The molecule has 7 nitrogen and oxygen atoms in total. The van der Waals surface area contributed by atoms with Crippen molar-refractivity contribution < 1.29 is 14.1 Å². The summed E-state index contributed by atoms with van der Waals surface area (Å²) in [7, 11) is 1.65. The van der Waals surface area contributed by atoms with Crippen LogP contribution in [0.25, 0.3) is 0 Å². The van der Waals surface area contributed by atoms with Crippen LogP contribution in [0.3, 0.4) is 0 Å². The number of hydrogen-bond acceptors (Lipinski definition) is 5. The lowest BCUT2D eigenvalue weighted by Gasteiger charge is -2.31. The van der Waals surface area contributed by atoms with Crippen LogP contribution in [0.2, 0.25) is 0 Å². The number of aryl methyl sites for hydroxylation is 1. The Morgan fingerprint density at radius 2 is 2.27 bits per heavy atom. The number of carbonyl (C=O) groups is 2. The third-order valence-electron chi connectivity index (χ3n) is 3.88. The average Bonchev–Trinajstić information content (AvgIpc) is 3.07. The molecule has 1 atom stereocenters. The van der Waals surface area contributed by atoms with Gasteiger partial charge in [0.1, 0.15) is 5.76 Å². The molecule has 2 amide bonds. The van der Waals surface area contributed by atoms with Crippen molar-refractivity contribution in [3.05, 3.63) is 11.8 Å². The molecule has 0 aromatic carbocycles. The maximum atomic E-state index is 12.5. The number of hydrogen-bond donors (Lipinski definition) is 2. The molecule has 1 aromatic heterocycles. The third-order valence-corrected chi connectivity index (χ3v) is 3.88. The second-order valence-electron chi connectivity index (χ2n) is 5.50. The van der Waals surface area contributed by atoms with Gasteiger partial charge in [-0.2, -0.15) is 0 Å². The number of nitrogens with one attached hydrogen (secondary N) is 2. The zero-order valence-corrected chi connectivity index (χ0v) is 14.0. The molecule has 1 saturated heterocycles. The molecule has 2 N–H and O–H groups in total. The molecule has 1 aliphatic heterocycles. The van der Waals surface area contributed by atoms with Crippen molar-refractivity contribution in [1.29, 1.82) is 0 Å². The lowest BCUT2D eigenvalue weighted by Crippen LogP contribution is -2.54. The van der Waals surface area contributed by atoms with Crippen LogP contribution in [0.5, 0.6) is 0 Å². The molecule has 8 heteroatoms. The van der Waals surface area contributed by atoms with Gasteiger partial charge in [0.05, 0.1) is 12.1 Å². The SMILES string of the molecule is CCC1(C(=O)N(C)CC(=O)Nc2cc(C)on2)CCCN1.Cl. The molecule has 1 fully saturated rings. The Morgan fingerprint density at radius 3 is 2.77 bits per heavy atom. The largest absolute Gasteiger partial charge is 0.360 e. The highest BCUT2D eigenvalue weighted by molar-refractivity contribution is 5.95. The highest BCUT2D eigenvalue weighted by Gasteiger charge is 2.41. The van der Waals surface area contributed by atoms with Gasteiger partial charge in [-0.15, -0.1) is 12.4 Å². The van der Waals surface area contributed by atoms with Crippen LogP contribution in [0, 0.1) is 6.92 Å². The Bertz CT molecular complexity index is 526. The molecule has 2 heterocycles. The van der Waals surface area contributed by atoms with Gasteiger partial charge in [0.15, 0.2) is 5.82 Å². The second kappa shape index (κ2) is 7.60. The Morgan fingerprint density at radius 1 is 1.55 bits per heavy atom. The van der Waals surface area contributed by atoms with Crippen LogP contribution in [0.15, 0.2) is 10.6 Å². The lowest BCUT2D eigenvalue weighted by molar-refractivity contribution is -0.139. The summed E-state index contributed by atoms with van der Waals surface area (Å²) in [5, 5.41) is 9.58. The van der Waals surface area contributed by atoms with E-state index in [0.29, 0.717) is 11.6 Å². The maximum Gasteiger partial charge on any atom is 0.245 e. The average molecular weight is 331 g/mol. The second-order valence-corrected chi connectivity index (χ2v) is 5.50. The van der Waals surface area contributed by atoms with Crippen molar-refractivity contribution in [3.8, 4) is 0 Å². The van der Waals surface area contributed by atoms with Gasteiger partial charge in [-0.05, 0) is 32.7 Å². The zero-order chi connectivity index (χ0) is 15.5. The van der Waals surface area contributed by atoms with Crippen molar-refractivity contribution in [2.45, 2.75) is 38.6 Å². The molecular formula is C14H23ClN4O3. The summed E-state index contributed by atoms with van der Waals surface area (Å²) >= 11 is 0. The van der Waals surface area contributed by atoms with Crippen molar-refractivity contribution in [1.82, 2.24) is 15.4 Å². The summed E-state index contributed by atoms with van der Waals surface area (Å²) in [6, 6.07) is 1.63. The molecule has 0 spiro atoms. The first-order chi connectivity index (χ1) is 9.97. The fraction of sp³-hybridized carbons (Fsp3) is 0.643. The molecule has 124 valence electrons. The van der Waals surface area contributed by atoms with Gasteiger partial charge in [0.2, 0.25) is 11.8 Å². The Hall–Kier alpha value is -1.60. The van der Waals surface area contributed by atoms with E-state index in [-0.39, 0.29) is 30.8 Å².